The van der Waals surface area contributed by atoms with Crippen molar-refractivity contribution in [2.24, 2.45) is 0 Å². The topological polar surface area (TPSA) is 85.2 Å². The van der Waals surface area contributed by atoms with Crippen molar-refractivity contribution in [3.63, 3.8) is 0 Å². The lowest BCUT2D eigenvalue weighted by Crippen LogP contribution is -2.31. The van der Waals surface area contributed by atoms with Gasteiger partial charge in [0.05, 0.1) is 20.8 Å². The first-order chi connectivity index (χ1) is 11.5. The number of phenolic OH excluding ortho intramolecular Hbond substituents is 1. The number of aryl methyl sites for hydroxylation is 1. The van der Waals surface area contributed by atoms with Crippen molar-refractivity contribution in [3.05, 3.63) is 47.5 Å². The second-order valence-corrected chi connectivity index (χ2v) is 5.15. The van der Waals surface area contributed by atoms with Gasteiger partial charge in [0, 0.05) is 5.56 Å². The van der Waals surface area contributed by atoms with Crippen LogP contribution in [0.3, 0.4) is 0 Å². The molecule has 0 amide bonds. The molecule has 2 rings (SSSR count). The molecule has 1 unspecified atom stereocenters. The predicted molar refractivity (Wildman–Crippen MR) is 88.2 cm³/mol. The Labute approximate surface area is 140 Å². The molecular formula is C18H20O6. The Morgan fingerprint density at radius 1 is 1.08 bits per heavy atom. The number of ether oxygens (including phenoxy) is 3. The molecule has 0 aromatic heterocycles. The van der Waals surface area contributed by atoms with E-state index in [2.05, 4.69) is 0 Å². The number of aliphatic hydroxyl groups excluding tert-OH is 1. The van der Waals surface area contributed by atoms with Crippen LogP contribution in [-0.2, 0) is 0 Å². The minimum absolute atomic E-state index is 0.0276. The van der Waals surface area contributed by atoms with Crippen LogP contribution in [0, 0.1) is 6.92 Å². The zero-order valence-corrected chi connectivity index (χ0v) is 13.8. The van der Waals surface area contributed by atoms with E-state index in [1.54, 1.807) is 31.2 Å². The average Bonchev–Trinajstić information content (AvgIpc) is 2.61. The van der Waals surface area contributed by atoms with Gasteiger partial charge in [0.15, 0.2) is 29.1 Å². The molecule has 0 saturated heterocycles. The molecule has 1 atom stereocenters. The van der Waals surface area contributed by atoms with Gasteiger partial charge in [-0.1, -0.05) is 12.1 Å². The van der Waals surface area contributed by atoms with Crippen LogP contribution < -0.4 is 14.2 Å². The number of hydrogen-bond donors (Lipinski definition) is 2. The molecule has 0 heterocycles. The molecule has 0 fully saturated rings. The molecule has 2 N–H and O–H groups in total. The number of methoxy groups -OCH3 is 2. The molecule has 2 aromatic rings. The number of rotatable bonds is 7. The summed E-state index contributed by atoms with van der Waals surface area (Å²) < 4.78 is 15.9. The van der Waals surface area contributed by atoms with E-state index < -0.39 is 18.5 Å². The monoisotopic (exact) mass is 332 g/mol. The SMILES string of the molecule is COc1ccccc1OC(CO)C(=O)c1cc(C)c(O)c(OC)c1. The normalized spacial score (nSPS) is 11.7. The van der Waals surface area contributed by atoms with Gasteiger partial charge in [-0.05, 0) is 36.8 Å². The fraction of sp³-hybridized carbons (Fsp3) is 0.278. The van der Waals surface area contributed by atoms with E-state index in [4.69, 9.17) is 14.2 Å². The molecule has 0 aliphatic heterocycles. The van der Waals surface area contributed by atoms with Gasteiger partial charge in [-0.3, -0.25) is 4.79 Å². The zero-order chi connectivity index (χ0) is 17.7. The summed E-state index contributed by atoms with van der Waals surface area (Å²) in [6.45, 7) is 1.16. The largest absolute Gasteiger partial charge is 0.504 e. The molecule has 6 heteroatoms. The number of para-hydroxylation sites is 2. The lowest BCUT2D eigenvalue weighted by molar-refractivity contribution is 0.0651. The van der Waals surface area contributed by atoms with Crippen molar-refractivity contribution in [2.45, 2.75) is 13.0 Å². The van der Waals surface area contributed by atoms with Crippen LogP contribution in [0.5, 0.6) is 23.0 Å². The fourth-order valence-electron chi connectivity index (χ4n) is 2.27. The maximum Gasteiger partial charge on any atom is 0.205 e. The Kier molecular flexibility index (Phi) is 5.65. The van der Waals surface area contributed by atoms with Crippen molar-refractivity contribution in [1.29, 1.82) is 0 Å². The molecule has 0 radical (unpaired) electrons. The second kappa shape index (κ2) is 7.70. The minimum Gasteiger partial charge on any atom is -0.504 e. The summed E-state index contributed by atoms with van der Waals surface area (Å²) in [5.74, 6) is 0.551. The highest BCUT2D eigenvalue weighted by Crippen LogP contribution is 2.32. The van der Waals surface area contributed by atoms with Crippen LogP contribution in [0.4, 0.5) is 0 Å². The van der Waals surface area contributed by atoms with Crippen molar-refractivity contribution >= 4 is 5.78 Å². The quantitative estimate of drug-likeness (QED) is 0.757. The van der Waals surface area contributed by atoms with E-state index in [-0.39, 0.29) is 17.1 Å². The Morgan fingerprint density at radius 2 is 1.71 bits per heavy atom. The number of aromatic hydroxyl groups is 1. The molecule has 0 aliphatic rings. The summed E-state index contributed by atoms with van der Waals surface area (Å²) in [4.78, 5) is 12.6. The molecule has 0 bridgehead atoms. The summed E-state index contributed by atoms with van der Waals surface area (Å²) in [6, 6.07) is 9.80. The van der Waals surface area contributed by atoms with E-state index in [0.717, 1.165) is 0 Å². The van der Waals surface area contributed by atoms with Crippen molar-refractivity contribution < 1.29 is 29.2 Å². The third-order valence-corrected chi connectivity index (χ3v) is 3.57. The first-order valence-corrected chi connectivity index (χ1v) is 7.34. The Morgan fingerprint density at radius 3 is 2.29 bits per heavy atom. The van der Waals surface area contributed by atoms with Crippen LogP contribution >= 0.6 is 0 Å². The number of aliphatic hydroxyl groups is 1. The Balaban J connectivity index is 2.31. The molecule has 6 nitrogen and oxygen atoms in total. The van der Waals surface area contributed by atoms with Gasteiger partial charge in [0.2, 0.25) is 5.78 Å². The number of benzene rings is 2. The summed E-state index contributed by atoms with van der Waals surface area (Å²) in [7, 11) is 2.89. The van der Waals surface area contributed by atoms with Crippen LogP contribution in [-0.4, -0.2) is 42.9 Å². The van der Waals surface area contributed by atoms with Gasteiger partial charge in [0.25, 0.3) is 0 Å². The highest BCUT2D eigenvalue weighted by atomic mass is 16.5. The van der Waals surface area contributed by atoms with E-state index in [1.807, 2.05) is 0 Å². The zero-order valence-electron chi connectivity index (χ0n) is 13.8. The minimum atomic E-state index is -1.10. The maximum absolute atomic E-state index is 12.6. The lowest BCUT2D eigenvalue weighted by atomic mass is 10.0. The third kappa shape index (κ3) is 3.60. The first kappa shape index (κ1) is 17.6. The third-order valence-electron chi connectivity index (χ3n) is 3.57. The van der Waals surface area contributed by atoms with Crippen LogP contribution in [0.25, 0.3) is 0 Å². The van der Waals surface area contributed by atoms with E-state index in [0.29, 0.717) is 17.1 Å². The van der Waals surface area contributed by atoms with Crippen molar-refractivity contribution in [1.82, 2.24) is 0 Å². The highest BCUT2D eigenvalue weighted by Gasteiger charge is 2.24. The maximum atomic E-state index is 12.6. The number of carbonyl (C=O) groups excluding carboxylic acids is 1. The molecule has 0 spiro atoms. The number of Topliss-reactive ketones (excluding diaryl/α,β-unsaturated/α-hetero) is 1. The fourth-order valence-corrected chi connectivity index (χ4v) is 2.27. The predicted octanol–water partition coefficient (Wildman–Crippen LogP) is 2.34. The summed E-state index contributed by atoms with van der Waals surface area (Å²) in [6.07, 6.45) is -1.10. The van der Waals surface area contributed by atoms with Gasteiger partial charge in [-0.15, -0.1) is 0 Å². The number of carbonyl (C=O) groups is 1. The van der Waals surface area contributed by atoms with Crippen molar-refractivity contribution in [2.75, 3.05) is 20.8 Å². The smallest absolute Gasteiger partial charge is 0.205 e. The molecule has 128 valence electrons. The number of ketones is 1. The van der Waals surface area contributed by atoms with E-state index in [1.165, 1.54) is 26.4 Å². The summed E-state index contributed by atoms with van der Waals surface area (Å²) in [5, 5.41) is 19.4. The van der Waals surface area contributed by atoms with E-state index >= 15 is 0 Å². The molecule has 0 aliphatic carbocycles. The Hall–Kier alpha value is -2.73. The van der Waals surface area contributed by atoms with Gasteiger partial charge < -0.3 is 24.4 Å². The lowest BCUT2D eigenvalue weighted by Gasteiger charge is -2.18. The van der Waals surface area contributed by atoms with Gasteiger partial charge in [0.1, 0.15) is 0 Å². The Bertz CT molecular complexity index is 725. The average molecular weight is 332 g/mol. The van der Waals surface area contributed by atoms with Crippen LogP contribution in [0.15, 0.2) is 36.4 Å². The molecular weight excluding hydrogens is 312 g/mol. The van der Waals surface area contributed by atoms with Crippen molar-refractivity contribution in [3.8, 4) is 23.0 Å². The van der Waals surface area contributed by atoms with Gasteiger partial charge >= 0.3 is 0 Å². The number of phenols is 1. The molecule has 0 saturated carbocycles. The van der Waals surface area contributed by atoms with Gasteiger partial charge in [-0.25, -0.2) is 0 Å². The van der Waals surface area contributed by atoms with Crippen LogP contribution in [0.1, 0.15) is 15.9 Å². The van der Waals surface area contributed by atoms with Gasteiger partial charge in [-0.2, -0.15) is 0 Å². The second-order valence-electron chi connectivity index (χ2n) is 5.15. The standard InChI is InChI=1S/C18H20O6/c1-11-8-12(9-15(23-3)17(11)20)18(21)16(10-19)24-14-7-5-4-6-13(14)22-2/h4-9,16,19-20H,10H2,1-3H3. The molecule has 24 heavy (non-hydrogen) atoms. The first-order valence-electron chi connectivity index (χ1n) is 7.34. The highest BCUT2D eigenvalue weighted by molar-refractivity contribution is 6.00. The molecule has 2 aromatic carbocycles. The summed E-state index contributed by atoms with van der Waals surface area (Å²) >= 11 is 0. The van der Waals surface area contributed by atoms with E-state index in [9.17, 15) is 15.0 Å². The summed E-state index contributed by atoms with van der Waals surface area (Å²) in [5.41, 5.74) is 0.766. The van der Waals surface area contributed by atoms with Crippen LogP contribution in [0.2, 0.25) is 0 Å². The number of hydrogen-bond acceptors (Lipinski definition) is 6.